The van der Waals surface area contributed by atoms with Gasteiger partial charge < -0.3 is 0 Å². The number of nitriles is 1. The topological polar surface area (TPSA) is 36.7 Å². The van der Waals surface area contributed by atoms with Crippen LogP contribution in [-0.4, -0.2) is 4.98 Å². The number of aromatic nitrogens is 1. The third-order valence-electron chi connectivity index (χ3n) is 4.74. The molecule has 0 unspecified atom stereocenters. The molecular formula is C21H12N2. The molecule has 0 fully saturated rings. The van der Waals surface area contributed by atoms with Crippen LogP contribution >= 0.6 is 0 Å². The largest absolute Gasteiger partial charge is 0.259 e. The van der Waals surface area contributed by atoms with E-state index in [4.69, 9.17) is 5.26 Å². The van der Waals surface area contributed by atoms with Crippen molar-refractivity contribution in [2.24, 2.45) is 0 Å². The summed E-state index contributed by atoms with van der Waals surface area (Å²) >= 11 is 0. The van der Waals surface area contributed by atoms with E-state index in [1.165, 1.54) is 32.3 Å². The maximum absolute atomic E-state index is 9.10. The molecule has 0 N–H and O–H groups in total. The zero-order valence-electron chi connectivity index (χ0n) is 12.4. The minimum absolute atomic E-state index is 0.613. The van der Waals surface area contributed by atoms with Crippen molar-refractivity contribution in [3.8, 4) is 6.07 Å². The first-order valence-electron chi connectivity index (χ1n) is 7.67. The van der Waals surface area contributed by atoms with E-state index in [-0.39, 0.29) is 0 Å². The zero-order chi connectivity index (χ0) is 15.4. The highest BCUT2D eigenvalue weighted by Crippen LogP contribution is 2.20. The van der Waals surface area contributed by atoms with Crippen molar-refractivity contribution in [2.75, 3.05) is 0 Å². The van der Waals surface area contributed by atoms with Crippen molar-refractivity contribution in [3.63, 3.8) is 0 Å². The summed E-state index contributed by atoms with van der Waals surface area (Å²) in [6, 6.07) is 12.9. The number of rotatable bonds is 0. The minimum Gasteiger partial charge on any atom is -0.259 e. The van der Waals surface area contributed by atoms with E-state index in [0.717, 1.165) is 17.7 Å². The summed E-state index contributed by atoms with van der Waals surface area (Å²) in [5.41, 5.74) is 5.30. The van der Waals surface area contributed by atoms with E-state index in [1.54, 1.807) is 6.20 Å². The highest BCUT2D eigenvalue weighted by Gasteiger charge is 2.14. The predicted molar refractivity (Wildman–Crippen MR) is 92.0 cm³/mol. The highest BCUT2D eigenvalue weighted by atomic mass is 14.7. The fourth-order valence-electron chi connectivity index (χ4n) is 3.60. The number of allylic oxidation sites excluding steroid dienone is 1. The van der Waals surface area contributed by atoms with Crippen molar-refractivity contribution in [1.29, 1.82) is 5.26 Å². The Morgan fingerprint density at radius 1 is 1.00 bits per heavy atom. The second-order valence-corrected chi connectivity index (χ2v) is 6.02. The number of hydrogen-bond donors (Lipinski definition) is 0. The molecule has 0 spiro atoms. The van der Waals surface area contributed by atoms with E-state index in [9.17, 15) is 0 Å². The SMILES string of the molecule is N#Cc1cnc2c(c1)C=c1c(ccc3c4c(ccc13)C=CC=4)C2. The summed E-state index contributed by atoms with van der Waals surface area (Å²) in [7, 11) is 0. The van der Waals surface area contributed by atoms with Crippen molar-refractivity contribution >= 4 is 29.0 Å². The molecule has 0 aliphatic heterocycles. The van der Waals surface area contributed by atoms with Gasteiger partial charge in [-0.1, -0.05) is 42.5 Å². The van der Waals surface area contributed by atoms with Gasteiger partial charge in [-0.15, -0.1) is 0 Å². The minimum atomic E-state index is 0.613. The lowest BCUT2D eigenvalue weighted by Gasteiger charge is -2.15. The molecule has 1 heterocycles. The van der Waals surface area contributed by atoms with Gasteiger partial charge in [0.2, 0.25) is 0 Å². The molecule has 2 aliphatic rings. The lowest BCUT2D eigenvalue weighted by Crippen LogP contribution is -2.19. The van der Waals surface area contributed by atoms with Crippen LogP contribution in [0.25, 0.3) is 29.0 Å². The molecule has 2 heteroatoms. The smallest absolute Gasteiger partial charge is 0.101 e. The molecule has 5 rings (SSSR count). The molecule has 0 saturated carbocycles. The number of fused-ring (bicyclic) bond motifs is 6. The van der Waals surface area contributed by atoms with Crippen LogP contribution in [0.3, 0.4) is 0 Å². The van der Waals surface area contributed by atoms with Crippen molar-refractivity contribution in [1.82, 2.24) is 4.98 Å². The molecule has 2 aliphatic carbocycles. The quantitative estimate of drug-likeness (QED) is 0.499. The van der Waals surface area contributed by atoms with Crippen LogP contribution in [0.15, 0.2) is 42.6 Å². The standard InChI is InChI=1S/C21H12N2/c22-11-13-8-16-9-20-15(10-21(16)23-12-13)5-7-18-17-3-1-2-14(17)4-6-19(18)20/h1-9,12H,10H2. The second-order valence-electron chi connectivity index (χ2n) is 6.02. The molecule has 0 bridgehead atoms. The molecule has 3 aromatic rings. The Morgan fingerprint density at radius 2 is 1.87 bits per heavy atom. The summed E-state index contributed by atoms with van der Waals surface area (Å²) < 4.78 is 0. The number of benzene rings is 2. The molecule has 0 amide bonds. The first-order valence-corrected chi connectivity index (χ1v) is 7.67. The van der Waals surface area contributed by atoms with Crippen LogP contribution < -0.4 is 10.4 Å². The summed E-state index contributed by atoms with van der Waals surface area (Å²) in [5.74, 6) is 0. The van der Waals surface area contributed by atoms with E-state index < -0.39 is 0 Å². The van der Waals surface area contributed by atoms with Crippen LogP contribution in [0.2, 0.25) is 0 Å². The Labute approximate surface area is 133 Å². The number of hydrogen-bond acceptors (Lipinski definition) is 2. The van der Waals surface area contributed by atoms with Crippen LogP contribution in [0.1, 0.15) is 27.9 Å². The lowest BCUT2D eigenvalue weighted by atomic mass is 9.91. The predicted octanol–water partition coefficient (Wildman–Crippen LogP) is 2.65. The summed E-state index contributed by atoms with van der Waals surface area (Å²) in [6.07, 6.45) is 11.1. The third kappa shape index (κ3) is 1.71. The number of nitrogens with zero attached hydrogens (tertiary/aromatic N) is 2. The molecule has 2 nitrogen and oxygen atoms in total. The summed E-state index contributed by atoms with van der Waals surface area (Å²) in [5, 5.41) is 14.2. The van der Waals surface area contributed by atoms with Gasteiger partial charge in [0.1, 0.15) is 6.07 Å². The highest BCUT2D eigenvalue weighted by molar-refractivity contribution is 5.91. The van der Waals surface area contributed by atoms with Gasteiger partial charge in [-0.2, -0.15) is 5.26 Å². The van der Waals surface area contributed by atoms with Gasteiger partial charge >= 0.3 is 0 Å². The maximum atomic E-state index is 9.10. The van der Waals surface area contributed by atoms with Crippen molar-refractivity contribution in [2.45, 2.75) is 6.42 Å². The normalized spacial score (nSPS) is 13.5. The van der Waals surface area contributed by atoms with Crippen molar-refractivity contribution < 1.29 is 0 Å². The zero-order valence-corrected chi connectivity index (χ0v) is 12.4. The van der Waals surface area contributed by atoms with Gasteiger partial charge in [0.25, 0.3) is 0 Å². The van der Waals surface area contributed by atoms with Gasteiger partial charge in [-0.25, -0.2) is 0 Å². The first-order chi connectivity index (χ1) is 11.3. The van der Waals surface area contributed by atoms with Crippen LogP contribution in [0, 0.1) is 11.3 Å². The Balaban J connectivity index is 1.89. The van der Waals surface area contributed by atoms with Gasteiger partial charge in [-0.05, 0) is 50.0 Å². The van der Waals surface area contributed by atoms with Crippen molar-refractivity contribution in [3.05, 3.63) is 81.0 Å². The molecule has 1 aromatic heterocycles. The van der Waals surface area contributed by atoms with Crippen LogP contribution in [0.4, 0.5) is 0 Å². The Kier molecular flexibility index (Phi) is 2.37. The molecular weight excluding hydrogens is 280 g/mol. The van der Waals surface area contributed by atoms with E-state index in [2.05, 4.69) is 59.6 Å². The van der Waals surface area contributed by atoms with Gasteiger partial charge in [0.05, 0.1) is 11.3 Å². The molecule has 0 radical (unpaired) electrons. The molecule has 2 aromatic carbocycles. The van der Waals surface area contributed by atoms with Gasteiger partial charge in [0.15, 0.2) is 0 Å². The Hall–Kier alpha value is -3.18. The molecule has 0 atom stereocenters. The third-order valence-corrected chi connectivity index (χ3v) is 4.74. The Morgan fingerprint density at radius 3 is 2.78 bits per heavy atom. The number of pyridine rings is 1. The van der Waals surface area contributed by atoms with E-state index in [1.807, 2.05) is 6.07 Å². The average molecular weight is 292 g/mol. The molecule has 106 valence electrons. The van der Waals surface area contributed by atoms with E-state index >= 15 is 0 Å². The molecule has 23 heavy (non-hydrogen) atoms. The fraction of sp³-hybridized carbons (Fsp3) is 0.0476. The summed E-state index contributed by atoms with van der Waals surface area (Å²) in [6.45, 7) is 0. The van der Waals surface area contributed by atoms with Crippen LogP contribution in [-0.2, 0) is 6.42 Å². The van der Waals surface area contributed by atoms with Crippen LogP contribution in [0.5, 0.6) is 0 Å². The summed E-state index contributed by atoms with van der Waals surface area (Å²) in [4.78, 5) is 4.46. The fourth-order valence-corrected chi connectivity index (χ4v) is 3.60. The van der Waals surface area contributed by atoms with E-state index in [0.29, 0.717) is 5.56 Å². The first kappa shape index (κ1) is 12.4. The second kappa shape index (κ2) is 4.41. The Bertz CT molecular complexity index is 1190. The van der Waals surface area contributed by atoms with Gasteiger partial charge in [0, 0.05) is 12.6 Å². The van der Waals surface area contributed by atoms with Gasteiger partial charge in [-0.3, -0.25) is 4.98 Å². The average Bonchev–Trinajstić information content (AvgIpc) is 3.08. The lowest BCUT2D eigenvalue weighted by molar-refractivity contribution is 1.04. The maximum Gasteiger partial charge on any atom is 0.101 e. The molecule has 0 saturated heterocycles. The monoisotopic (exact) mass is 292 g/mol.